The average molecular weight is 440 g/mol. The first kappa shape index (κ1) is 20.9. The fourth-order valence-corrected chi connectivity index (χ4v) is 3.95. The number of rotatable bonds is 5. The zero-order chi connectivity index (χ0) is 22.0. The number of hydrogen-bond donors (Lipinski definition) is 1. The van der Waals surface area contributed by atoms with Crippen molar-refractivity contribution in [2.75, 3.05) is 20.1 Å². The minimum Gasteiger partial charge on any atom is -0.465 e. The van der Waals surface area contributed by atoms with Gasteiger partial charge in [-0.05, 0) is 30.7 Å². The van der Waals surface area contributed by atoms with Gasteiger partial charge in [-0.2, -0.15) is 0 Å². The lowest BCUT2D eigenvalue weighted by Crippen LogP contribution is -2.41. The number of carboxylic acid groups (broad SMARTS) is 1. The fourth-order valence-electron chi connectivity index (χ4n) is 3.83. The van der Waals surface area contributed by atoms with Crippen molar-refractivity contribution in [3.63, 3.8) is 0 Å². The molecule has 8 nitrogen and oxygen atoms in total. The van der Waals surface area contributed by atoms with Crippen LogP contribution in [0.2, 0.25) is 5.02 Å². The van der Waals surface area contributed by atoms with Crippen molar-refractivity contribution in [1.29, 1.82) is 0 Å². The molecular formula is C22H22ClN5O3. The number of benzene rings is 1. The van der Waals surface area contributed by atoms with E-state index in [4.69, 9.17) is 11.6 Å². The van der Waals surface area contributed by atoms with Gasteiger partial charge in [0.2, 0.25) is 5.91 Å². The monoisotopic (exact) mass is 439 g/mol. The zero-order valence-electron chi connectivity index (χ0n) is 17.0. The average Bonchev–Trinajstić information content (AvgIpc) is 3.42. The molecule has 1 aromatic carbocycles. The molecule has 31 heavy (non-hydrogen) atoms. The molecule has 1 N–H and O–H groups in total. The van der Waals surface area contributed by atoms with Crippen LogP contribution in [-0.4, -0.2) is 67.6 Å². The maximum Gasteiger partial charge on any atom is 0.407 e. The van der Waals surface area contributed by atoms with Crippen molar-refractivity contribution in [1.82, 2.24) is 24.3 Å². The van der Waals surface area contributed by atoms with E-state index in [9.17, 15) is 14.7 Å². The number of aromatic nitrogens is 3. The first-order valence-electron chi connectivity index (χ1n) is 9.89. The Bertz CT molecular complexity index is 1080. The largest absolute Gasteiger partial charge is 0.465 e. The highest BCUT2D eigenvalue weighted by Crippen LogP contribution is 2.31. The first-order valence-corrected chi connectivity index (χ1v) is 10.3. The van der Waals surface area contributed by atoms with E-state index < -0.39 is 6.09 Å². The standard InChI is InChI=1S/C22H22ClN5O3/c1-26(18-8-11-27(12-18)22(30)31)19(29)13-28-14-25-20(15-2-4-17(23)5-3-15)21(28)16-6-9-24-10-7-16/h2-7,9-10,14,18H,8,11-13H2,1H3,(H,30,31)/t18-/m1/s1. The highest BCUT2D eigenvalue weighted by Gasteiger charge is 2.31. The summed E-state index contributed by atoms with van der Waals surface area (Å²) in [5.74, 6) is -0.104. The third kappa shape index (κ3) is 4.39. The van der Waals surface area contributed by atoms with E-state index in [0.29, 0.717) is 24.5 Å². The second-order valence-electron chi connectivity index (χ2n) is 7.49. The van der Waals surface area contributed by atoms with E-state index in [2.05, 4.69) is 9.97 Å². The maximum absolute atomic E-state index is 13.0. The van der Waals surface area contributed by atoms with Crippen molar-refractivity contribution in [3.05, 3.63) is 60.1 Å². The Morgan fingerprint density at radius 1 is 1.16 bits per heavy atom. The quantitative estimate of drug-likeness (QED) is 0.657. The number of pyridine rings is 1. The third-order valence-electron chi connectivity index (χ3n) is 5.59. The molecule has 0 unspecified atom stereocenters. The summed E-state index contributed by atoms with van der Waals surface area (Å²) in [6, 6.07) is 11.0. The van der Waals surface area contributed by atoms with Gasteiger partial charge in [-0.1, -0.05) is 23.7 Å². The van der Waals surface area contributed by atoms with Crippen LogP contribution in [0, 0.1) is 0 Å². The van der Waals surface area contributed by atoms with Crippen LogP contribution in [0.1, 0.15) is 6.42 Å². The summed E-state index contributed by atoms with van der Waals surface area (Å²) in [5.41, 5.74) is 3.34. The Hall–Kier alpha value is -3.39. The minimum atomic E-state index is -0.953. The van der Waals surface area contributed by atoms with Crippen LogP contribution in [0.3, 0.4) is 0 Å². The molecule has 160 valence electrons. The summed E-state index contributed by atoms with van der Waals surface area (Å²) in [6.45, 7) is 0.860. The summed E-state index contributed by atoms with van der Waals surface area (Å²) in [5, 5.41) is 9.81. The van der Waals surface area contributed by atoms with Gasteiger partial charge in [0.25, 0.3) is 0 Å². The number of likely N-dealkylation sites (tertiary alicyclic amines) is 1. The van der Waals surface area contributed by atoms with Gasteiger partial charge in [-0.25, -0.2) is 9.78 Å². The molecule has 1 aliphatic heterocycles. The number of carbonyl (C=O) groups is 2. The Labute approximate surface area is 184 Å². The number of carbonyl (C=O) groups excluding carboxylic acids is 1. The summed E-state index contributed by atoms with van der Waals surface area (Å²) >= 11 is 6.03. The van der Waals surface area contributed by atoms with Gasteiger partial charge in [0.15, 0.2) is 0 Å². The fraction of sp³-hybridized carbons (Fsp3) is 0.273. The second-order valence-corrected chi connectivity index (χ2v) is 7.92. The van der Waals surface area contributed by atoms with Crippen LogP contribution in [0.25, 0.3) is 22.5 Å². The molecular weight excluding hydrogens is 418 g/mol. The molecule has 0 bridgehead atoms. The number of likely N-dealkylation sites (N-methyl/N-ethyl adjacent to an activating group) is 1. The van der Waals surface area contributed by atoms with Gasteiger partial charge >= 0.3 is 6.09 Å². The SMILES string of the molecule is CN(C(=O)Cn1cnc(-c2ccc(Cl)cc2)c1-c1ccncc1)[C@@H]1CCN(C(=O)O)C1. The van der Waals surface area contributed by atoms with Gasteiger partial charge in [0, 0.05) is 48.7 Å². The molecule has 0 radical (unpaired) electrons. The highest BCUT2D eigenvalue weighted by molar-refractivity contribution is 6.30. The van der Waals surface area contributed by atoms with Crippen LogP contribution in [-0.2, 0) is 11.3 Å². The van der Waals surface area contributed by atoms with E-state index in [1.165, 1.54) is 4.90 Å². The Balaban J connectivity index is 1.62. The first-order chi connectivity index (χ1) is 14.9. The van der Waals surface area contributed by atoms with E-state index >= 15 is 0 Å². The number of amides is 2. The van der Waals surface area contributed by atoms with Crippen molar-refractivity contribution < 1.29 is 14.7 Å². The van der Waals surface area contributed by atoms with Gasteiger partial charge in [-0.15, -0.1) is 0 Å². The van der Waals surface area contributed by atoms with E-state index in [0.717, 1.165) is 22.5 Å². The topological polar surface area (TPSA) is 91.6 Å². The van der Waals surface area contributed by atoms with Crippen LogP contribution < -0.4 is 0 Å². The number of imidazole rings is 1. The second kappa shape index (κ2) is 8.77. The summed E-state index contributed by atoms with van der Waals surface area (Å²) in [6.07, 6.45) is 4.73. The van der Waals surface area contributed by atoms with Crippen LogP contribution in [0.15, 0.2) is 55.1 Å². The molecule has 0 saturated carbocycles. The van der Waals surface area contributed by atoms with E-state index in [1.807, 2.05) is 28.8 Å². The Morgan fingerprint density at radius 3 is 2.52 bits per heavy atom. The number of nitrogens with zero attached hydrogens (tertiary/aromatic N) is 5. The van der Waals surface area contributed by atoms with Crippen molar-refractivity contribution >= 4 is 23.6 Å². The van der Waals surface area contributed by atoms with Crippen molar-refractivity contribution in [2.24, 2.45) is 0 Å². The Morgan fingerprint density at radius 2 is 1.87 bits per heavy atom. The summed E-state index contributed by atoms with van der Waals surface area (Å²) < 4.78 is 1.82. The van der Waals surface area contributed by atoms with Gasteiger partial charge in [0.1, 0.15) is 6.54 Å². The third-order valence-corrected chi connectivity index (χ3v) is 5.84. The van der Waals surface area contributed by atoms with Gasteiger partial charge in [0.05, 0.1) is 23.8 Å². The van der Waals surface area contributed by atoms with Gasteiger partial charge < -0.3 is 19.5 Å². The maximum atomic E-state index is 13.0. The van der Waals surface area contributed by atoms with E-state index in [-0.39, 0.29) is 18.5 Å². The molecule has 1 aliphatic rings. The zero-order valence-corrected chi connectivity index (χ0v) is 17.7. The normalized spacial score (nSPS) is 15.8. The predicted octanol–water partition coefficient (Wildman–Crippen LogP) is 3.48. The molecule has 1 fully saturated rings. The Kier molecular flexibility index (Phi) is 5.90. The van der Waals surface area contributed by atoms with Crippen molar-refractivity contribution in [3.8, 4) is 22.5 Å². The summed E-state index contributed by atoms with van der Waals surface area (Å²) in [7, 11) is 1.72. The smallest absolute Gasteiger partial charge is 0.407 e. The molecule has 9 heteroatoms. The molecule has 0 spiro atoms. The molecule has 3 aromatic rings. The van der Waals surface area contributed by atoms with E-state index in [1.54, 1.807) is 42.8 Å². The molecule has 1 saturated heterocycles. The van der Waals surface area contributed by atoms with Crippen molar-refractivity contribution in [2.45, 2.75) is 19.0 Å². The lowest BCUT2D eigenvalue weighted by molar-refractivity contribution is -0.132. The molecule has 3 heterocycles. The lowest BCUT2D eigenvalue weighted by Gasteiger charge is -2.25. The molecule has 2 aromatic heterocycles. The molecule has 4 rings (SSSR count). The molecule has 2 amide bonds. The molecule has 1 atom stereocenters. The predicted molar refractivity (Wildman–Crippen MR) is 117 cm³/mol. The minimum absolute atomic E-state index is 0.0956. The van der Waals surface area contributed by atoms with Crippen LogP contribution in [0.4, 0.5) is 4.79 Å². The number of hydrogen-bond acceptors (Lipinski definition) is 4. The van der Waals surface area contributed by atoms with Crippen LogP contribution in [0.5, 0.6) is 0 Å². The van der Waals surface area contributed by atoms with Crippen LogP contribution >= 0.6 is 11.6 Å². The summed E-state index contributed by atoms with van der Waals surface area (Å²) in [4.78, 5) is 35.9. The van der Waals surface area contributed by atoms with Gasteiger partial charge in [-0.3, -0.25) is 9.78 Å². The number of halogens is 1. The lowest BCUT2D eigenvalue weighted by atomic mass is 10.1. The molecule has 0 aliphatic carbocycles. The highest BCUT2D eigenvalue weighted by atomic mass is 35.5.